The first kappa shape index (κ1) is 14.2. The molecule has 0 amide bonds. The standard InChI is InChI=1S/C19H32N2O/c1-12-6-7-15-16(9-12)22-18-17-13(11-21(18)19(15,2)3)10-14-5-4-8-20(14)17/h12-18H,4-11H2,1-3H3/t12-,13-,14+,15-,16-,17-,18+/m1/s1. The van der Waals surface area contributed by atoms with Gasteiger partial charge in [-0.2, -0.15) is 0 Å². The quantitative estimate of drug-likeness (QED) is 0.684. The number of hydrogen-bond acceptors (Lipinski definition) is 3. The van der Waals surface area contributed by atoms with Crippen molar-refractivity contribution in [3.8, 4) is 0 Å². The van der Waals surface area contributed by atoms with Crippen molar-refractivity contribution in [2.45, 2.75) is 89.3 Å². The van der Waals surface area contributed by atoms with Gasteiger partial charge >= 0.3 is 0 Å². The van der Waals surface area contributed by atoms with Gasteiger partial charge in [-0.1, -0.05) is 13.3 Å². The van der Waals surface area contributed by atoms with Crippen LogP contribution >= 0.6 is 0 Å². The van der Waals surface area contributed by atoms with Crippen molar-refractivity contribution in [2.75, 3.05) is 13.1 Å². The monoisotopic (exact) mass is 304 g/mol. The van der Waals surface area contributed by atoms with Crippen LogP contribution in [0, 0.1) is 17.8 Å². The SMILES string of the molecule is C[C@@H]1CC[C@@H]2[C@@H](C1)O[C@H]1[C@H]3[C@H](C[C@@H]4CCCN43)CN1C2(C)C. The van der Waals surface area contributed by atoms with Crippen LogP contribution in [-0.4, -0.2) is 52.8 Å². The van der Waals surface area contributed by atoms with E-state index in [1.807, 2.05) is 0 Å². The van der Waals surface area contributed by atoms with Crippen molar-refractivity contribution < 1.29 is 4.74 Å². The molecular formula is C19H32N2O. The van der Waals surface area contributed by atoms with Crippen LogP contribution in [0.5, 0.6) is 0 Å². The molecule has 0 spiro atoms. The summed E-state index contributed by atoms with van der Waals surface area (Å²) in [5.74, 6) is 2.46. The van der Waals surface area contributed by atoms with E-state index in [0.717, 1.165) is 23.8 Å². The van der Waals surface area contributed by atoms with Crippen molar-refractivity contribution in [3.05, 3.63) is 0 Å². The number of ether oxygens (including phenoxy) is 1. The Kier molecular flexibility index (Phi) is 3.05. The molecule has 0 unspecified atom stereocenters. The summed E-state index contributed by atoms with van der Waals surface area (Å²) in [5, 5.41) is 0. The summed E-state index contributed by atoms with van der Waals surface area (Å²) in [6.45, 7) is 10.1. The van der Waals surface area contributed by atoms with Gasteiger partial charge in [-0.15, -0.1) is 0 Å². The van der Waals surface area contributed by atoms with E-state index >= 15 is 0 Å². The van der Waals surface area contributed by atoms with Gasteiger partial charge < -0.3 is 4.74 Å². The highest BCUT2D eigenvalue weighted by molar-refractivity contribution is 5.12. The highest BCUT2D eigenvalue weighted by Crippen LogP contribution is 2.52. The molecule has 0 N–H and O–H groups in total. The van der Waals surface area contributed by atoms with E-state index in [1.165, 1.54) is 51.6 Å². The molecule has 3 heteroatoms. The highest BCUT2D eigenvalue weighted by Gasteiger charge is 2.61. The molecule has 5 fully saturated rings. The lowest BCUT2D eigenvalue weighted by Crippen LogP contribution is -2.65. The second-order valence-corrected chi connectivity index (χ2v) is 9.42. The molecule has 0 aromatic rings. The van der Waals surface area contributed by atoms with Gasteiger partial charge in [0.2, 0.25) is 0 Å². The molecule has 0 radical (unpaired) electrons. The van der Waals surface area contributed by atoms with Gasteiger partial charge in [0.1, 0.15) is 6.23 Å². The Labute approximate surface area is 135 Å². The molecule has 4 aliphatic heterocycles. The zero-order chi connectivity index (χ0) is 15.1. The first-order chi connectivity index (χ1) is 10.6. The Hall–Kier alpha value is -0.120. The second kappa shape index (κ2) is 4.70. The normalized spacial score (nSPS) is 53.9. The number of nitrogens with zero attached hydrogens (tertiary/aromatic N) is 2. The molecule has 0 aromatic heterocycles. The summed E-state index contributed by atoms with van der Waals surface area (Å²) >= 11 is 0. The molecule has 5 rings (SSSR count). The first-order valence-electron chi connectivity index (χ1n) is 9.73. The summed E-state index contributed by atoms with van der Waals surface area (Å²) in [6, 6.07) is 1.58. The van der Waals surface area contributed by atoms with Crippen molar-refractivity contribution in [3.63, 3.8) is 0 Å². The summed E-state index contributed by atoms with van der Waals surface area (Å²) in [4.78, 5) is 5.60. The lowest BCUT2D eigenvalue weighted by Gasteiger charge is -2.56. The zero-order valence-electron chi connectivity index (χ0n) is 14.5. The minimum Gasteiger partial charge on any atom is -0.358 e. The van der Waals surface area contributed by atoms with Crippen LogP contribution in [0.25, 0.3) is 0 Å². The maximum absolute atomic E-state index is 6.83. The lowest BCUT2D eigenvalue weighted by atomic mass is 9.70. The summed E-state index contributed by atoms with van der Waals surface area (Å²) < 4.78 is 6.83. The summed E-state index contributed by atoms with van der Waals surface area (Å²) in [6.07, 6.45) is 9.23. The predicted molar refractivity (Wildman–Crippen MR) is 87.6 cm³/mol. The first-order valence-corrected chi connectivity index (χ1v) is 9.73. The van der Waals surface area contributed by atoms with E-state index in [2.05, 4.69) is 30.6 Å². The van der Waals surface area contributed by atoms with Crippen LogP contribution in [0.4, 0.5) is 0 Å². The average Bonchev–Trinajstić information content (AvgIpc) is 3.09. The maximum Gasteiger partial charge on any atom is 0.127 e. The van der Waals surface area contributed by atoms with Crippen molar-refractivity contribution in [2.24, 2.45) is 17.8 Å². The van der Waals surface area contributed by atoms with Crippen LogP contribution in [0.15, 0.2) is 0 Å². The third-order valence-corrected chi connectivity index (χ3v) is 7.91. The van der Waals surface area contributed by atoms with Gasteiger partial charge in [0.05, 0.1) is 12.1 Å². The number of fused-ring (bicyclic) bond motifs is 6. The molecule has 3 nitrogen and oxygen atoms in total. The van der Waals surface area contributed by atoms with Gasteiger partial charge in [0.15, 0.2) is 0 Å². The molecule has 5 aliphatic rings. The molecule has 0 aromatic carbocycles. The average molecular weight is 304 g/mol. The third-order valence-electron chi connectivity index (χ3n) is 7.91. The predicted octanol–water partition coefficient (Wildman–Crippen LogP) is 3.09. The fourth-order valence-corrected chi connectivity index (χ4v) is 6.78. The summed E-state index contributed by atoms with van der Waals surface area (Å²) in [7, 11) is 0. The topological polar surface area (TPSA) is 15.7 Å². The van der Waals surface area contributed by atoms with Crippen LogP contribution in [0.1, 0.15) is 59.3 Å². The smallest absolute Gasteiger partial charge is 0.127 e. The van der Waals surface area contributed by atoms with Crippen LogP contribution in [0.2, 0.25) is 0 Å². The molecule has 1 saturated carbocycles. The number of hydrogen-bond donors (Lipinski definition) is 0. The van der Waals surface area contributed by atoms with Crippen molar-refractivity contribution in [1.82, 2.24) is 9.80 Å². The molecule has 22 heavy (non-hydrogen) atoms. The van der Waals surface area contributed by atoms with E-state index in [0.29, 0.717) is 23.9 Å². The highest BCUT2D eigenvalue weighted by atomic mass is 16.5. The van der Waals surface area contributed by atoms with Crippen LogP contribution < -0.4 is 0 Å². The largest absolute Gasteiger partial charge is 0.358 e. The second-order valence-electron chi connectivity index (χ2n) is 9.42. The van der Waals surface area contributed by atoms with E-state index in [1.54, 1.807) is 0 Å². The van der Waals surface area contributed by atoms with Gasteiger partial charge in [-0.3, -0.25) is 9.80 Å². The minimum absolute atomic E-state index is 0.327. The lowest BCUT2D eigenvalue weighted by molar-refractivity contribution is -0.230. The third kappa shape index (κ3) is 1.79. The van der Waals surface area contributed by atoms with E-state index in [-0.39, 0.29) is 0 Å². The molecule has 4 saturated heterocycles. The molecule has 1 aliphatic carbocycles. The Bertz CT molecular complexity index is 464. The van der Waals surface area contributed by atoms with Crippen molar-refractivity contribution in [1.29, 1.82) is 0 Å². The molecular weight excluding hydrogens is 272 g/mol. The van der Waals surface area contributed by atoms with E-state index in [9.17, 15) is 0 Å². The van der Waals surface area contributed by atoms with E-state index < -0.39 is 0 Å². The Morgan fingerprint density at radius 2 is 1.95 bits per heavy atom. The van der Waals surface area contributed by atoms with Gasteiger partial charge in [0, 0.05) is 24.0 Å². The number of rotatable bonds is 0. The van der Waals surface area contributed by atoms with Crippen LogP contribution in [-0.2, 0) is 4.74 Å². The van der Waals surface area contributed by atoms with E-state index in [4.69, 9.17) is 4.74 Å². The molecule has 4 heterocycles. The molecule has 124 valence electrons. The fraction of sp³-hybridized carbons (Fsp3) is 1.00. The maximum atomic E-state index is 6.83. The zero-order valence-corrected chi connectivity index (χ0v) is 14.5. The van der Waals surface area contributed by atoms with Crippen LogP contribution in [0.3, 0.4) is 0 Å². The Morgan fingerprint density at radius 1 is 1.09 bits per heavy atom. The van der Waals surface area contributed by atoms with Gasteiger partial charge in [0.25, 0.3) is 0 Å². The fourth-order valence-electron chi connectivity index (χ4n) is 6.78. The van der Waals surface area contributed by atoms with Gasteiger partial charge in [-0.25, -0.2) is 0 Å². The Balaban J connectivity index is 1.46. The minimum atomic E-state index is 0.327. The van der Waals surface area contributed by atoms with Gasteiger partial charge in [-0.05, 0) is 64.3 Å². The summed E-state index contributed by atoms with van der Waals surface area (Å²) in [5.41, 5.74) is 0.327. The molecule has 7 atom stereocenters. The Morgan fingerprint density at radius 3 is 2.82 bits per heavy atom. The molecule has 0 bridgehead atoms. The van der Waals surface area contributed by atoms with Crippen molar-refractivity contribution >= 4 is 0 Å².